The van der Waals surface area contributed by atoms with Crippen LogP contribution in [-0.4, -0.2) is 6.26 Å². The van der Waals surface area contributed by atoms with E-state index in [1.54, 1.807) is 11.8 Å². The summed E-state index contributed by atoms with van der Waals surface area (Å²) < 4.78 is 5.86. The van der Waals surface area contributed by atoms with E-state index >= 15 is 0 Å². The first-order valence-electron chi connectivity index (χ1n) is 5.98. The molecule has 0 heterocycles. The number of ether oxygens (including phenoxy) is 1. The predicted octanol–water partition coefficient (Wildman–Crippen LogP) is 4.10. The van der Waals surface area contributed by atoms with E-state index < -0.39 is 0 Å². The van der Waals surface area contributed by atoms with Crippen molar-refractivity contribution < 1.29 is 4.74 Å². The van der Waals surface area contributed by atoms with Crippen LogP contribution in [0.1, 0.15) is 11.1 Å². The number of hydrogen-bond acceptors (Lipinski definition) is 3. The van der Waals surface area contributed by atoms with Crippen molar-refractivity contribution in [1.29, 1.82) is 0 Å². The van der Waals surface area contributed by atoms with Gasteiger partial charge in [0.2, 0.25) is 0 Å². The van der Waals surface area contributed by atoms with Crippen LogP contribution in [0.4, 0.5) is 0 Å². The molecule has 0 radical (unpaired) electrons. The van der Waals surface area contributed by atoms with Gasteiger partial charge in [0.05, 0.1) is 0 Å². The molecule has 19 heavy (non-hydrogen) atoms. The summed E-state index contributed by atoms with van der Waals surface area (Å²) in [6.45, 7) is 0.916. The summed E-state index contributed by atoms with van der Waals surface area (Å²) in [6, 6.07) is 13.7. The van der Waals surface area contributed by atoms with Crippen LogP contribution in [0.3, 0.4) is 0 Å². The molecule has 0 aliphatic heterocycles. The Hall–Kier alpha value is -1.16. The van der Waals surface area contributed by atoms with Gasteiger partial charge in [-0.1, -0.05) is 35.9 Å². The summed E-state index contributed by atoms with van der Waals surface area (Å²) in [6.07, 6.45) is 2.03. The van der Waals surface area contributed by atoms with Gasteiger partial charge < -0.3 is 10.5 Å². The van der Waals surface area contributed by atoms with E-state index in [9.17, 15) is 0 Å². The zero-order valence-corrected chi connectivity index (χ0v) is 12.3. The Kier molecular flexibility index (Phi) is 5.14. The number of hydrogen-bond donors (Lipinski definition) is 1. The Labute approximate surface area is 122 Å². The molecule has 0 amide bonds. The van der Waals surface area contributed by atoms with Gasteiger partial charge in [0.1, 0.15) is 12.4 Å². The third-order valence-corrected chi connectivity index (χ3v) is 4.05. The van der Waals surface area contributed by atoms with Crippen LogP contribution < -0.4 is 10.5 Å². The van der Waals surface area contributed by atoms with Crippen LogP contribution in [0.5, 0.6) is 5.75 Å². The molecule has 2 aromatic carbocycles. The lowest BCUT2D eigenvalue weighted by Crippen LogP contribution is -2.04. The van der Waals surface area contributed by atoms with Crippen LogP contribution in [0.25, 0.3) is 0 Å². The summed E-state index contributed by atoms with van der Waals surface area (Å²) in [5.74, 6) is 0.828. The van der Waals surface area contributed by atoms with Crippen LogP contribution in [-0.2, 0) is 13.2 Å². The number of rotatable bonds is 5. The molecule has 2 aromatic rings. The second-order valence-corrected chi connectivity index (χ2v) is 5.28. The van der Waals surface area contributed by atoms with Gasteiger partial charge in [-0.05, 0) is 24.5 Å². The fraction of sp³-hybridized carbons (Fsp3) is 0.200. The van der Waals surface area contributed by atoms with Gasteiger partial charge in [-0.2, -0.15) is 0 Å². The van der Waals surface area contributed by atoms with Gasteiger partial charge in [-0.15, -0.1) is 11.8 Å². The minimum Gasteiger partial charge on any atom is -0.488 e. The van der Waals surface area contributed by atoms with E-state index in [4.69, 9.17) is 22.1 Å². The first-order chi connectivity index (χ1) is 9.26. The molecule has 100 valence electrons. The number of halogens is 1. The smallest absolute Gasteiger partial charge is 0.125 e. The van der Waals surface area contributed by atoms with Crippen LogP contribution in [0.15, 0.2) is 47.4 Å². The predicted molar refractivity (Wildman–Crippen MR) is 81.9 cm³/mol. The Morgan fingerprint density at radius 1 is 1.16 bits per heavy atom. The maximum Gasteiger partial charge on any atom is 0.125 e. The van der Waals surface area contributed by atoms with Crippen molar-refractivity contribution in [3.63, 3.8) is 0 Å². The summed E-state index contributed by atoms with van der Waals surface area (Å²) in [7, 11) is 0. The second kappa shape index (κ2) is 6.85. The SMILES string of the molecule is CSc1cccc(OCc2ccccc2Cl)c1CN. The maximum atomic E-state index is 6.11. The fourth-order valence-electron chi connectivity index (χ4n) is 1.84. The standard InChI is InChI=1S/C15H16ClNOS/c1-19-15-8-4-7-14(12(15)9-17)18-10-11-5-2-3-6-13(11)16/h2-8H,9-10,17H2,1H3. The molecule has 2 N–H and O–H groups in total. The number of thioether (sulfide) groups is 1. The molecule has 0 bridgehead atoms. The molecule has 0 saturated heterocycles. The third kappa shape index (κ3) is 3.44. The number of benzene rings is 2. The highest BCUT2D eigenvalue weighted by molar-refractivity contribution is 7.98. The van der Waals surface area contributed by atoms with Crippen LogP contribution >= 0.6 is 23.4 Å². The van der Waals surface area contributed by atoms with E-state index in [0.29, 0.717) is 13.2 Å². The third-order valence-electron chi connectivity index (χ3n) is 2.86. The molecule has 2 nitrogen and oxygen atoms in total. The Morgan fingerprint density at radius 3 is 2.63 bits per heavy atom. The molecule has 0 saturated carbocycles. The zero-order chi connectivity index (χ0) is 13.7. The molecular formula is C15H16ClNOS. The highest BCUT2D eigenvalue weighted by atomic mass is 35.5. The highest BCUT2D eigenvalue weighted by Gasteiger charge is 2.08. The Bertz CT molecular complexity index is 560. The molecule has 0 aliphatic rings. The van der Waals surface area contributed by atoms with Crippen molar-refractivity contribution in [2.24, 2.45) is 5.73 Å². The van der Waals surface area contributed by atoms with Gasteiger partial charge in [-0.3, -0.25) is 0 Å². The lowest BCUT2D eigenvalue weighted by Gasteiger charge is -2.13. The van der Waals surface area contributed by atoms with Gasteiger partial charge in [0.25, 0.3) is 0 Å². The lowest BCUT2D eigenvalue weighted by molar-refractivity contribution is 0.302. The molecule has 0 fully saturated rings. The minimum atomic E-state index is 0.449. The summed E-state index contributed by atoms with van der Waals surface area (Å²) in [5, 5.41) is 0.720. The topological polar surface area (TPSA) is 35.2 Å². The molecule has 0 aliphatic carbocycles. The summed E-state index contributed by atoms with van der Waals surface area (Å²) in [5.41, 5.74) is 7.82. The zero-order valence-electron chi connectivity index (χ0n) is 10.7. The maximum absolute atomic E-state index is 6.11. The van der Waals surface area contributed by atoms with Crippen molar-refractivity contribution in [3.05, 3.63) is 58.6 Å². The number of nitrogens with two attached hydrogens (primary N) is 1. The van der Waals surface area contributed by atoms with Crippen molar-refractivity contribution in [2.45, 2.75) is 18.0 Å². The largest absolute Gasteiger partial charge is 0.488 e. The van der Waals surface area contributed by atoms with E-state index in [0.717, 1.165) is 26.8 Å². The molecule has 0 atom stereocenters. The van der Waals surface area contributed by atoms with Crippen molar-refractivity contribution in [1.82, 2.24) is 0 Å². The Morgan fingerprint density at radius 2 is 1.95 bits per heavy atom. The minimum absolute atomic E-state index is 0.449. The molecule has 4 heteroatoms. The van der Waals surface area contributed by atoms with Crippen molar-refractivity contribution in [3.8, 4) is 5.75 Å². The van der Waals surface area contributed by atoms with E-state index in [2.05, 4.69) is 6.07 Å². The summed E-state index contributed by atoms with van der Waals surface area (Å²) in [4.78, 5) is 1.15. The lowest BCUT2D eigenvalue weighted by atomic mass is 10.2. The quantitative estimate of drug-likeness (QED) is 0.843. The van der Waals surface area contributed by atoms with Gasteiger partial charge in [0.15, 0.2) is 0 Å². The van der Waals surface area contributed by atoms with E-state index in [1.165, 1.54) is 0 Å². The highest BCUT2D eigenvalue weighted by Crippen LogP contribution is 2.29. The Balaban J connectivity index is 2.18. The van der Waals surface area contributed by atoms with Crippen LogP contribution in [0, 0.1) is 0 Å². The first-order valence-corrected chi connectivity index (χ1v) is 7.58. The molecular weight excluding hydrogens is 278 g/mol. The van der Waals surface area contributed by atoms with Crippen LogP contribution in [0.2, 0.25) is 5.02 Å². The first kappa shape index (κ1) is 14.3. The second-order valence-electron chi connectivity index (χ2n) is 4.02. The van der Waals surface area contributed by atoms with E-state index in [-0.39, 0.29) is 0 Å². The van der Waals surface area contributed by atoms with Crippen molar-refractivity contribution in [2.75, 3.05) is 6.26 Å². The molecule has 0 aromatic heterocycles. The van der Waals surface area contributed by atoms with Crippen molar-refractivity contribution >= 4 is 23.4 Å². The molecule has 0 spiro atoms. The molecule has 2 rings (SSSR count). The normalized spacial score (nSPS) is 10.5. The fourth-order valence-corrected chi connectivity index (χ4v) is 2.68. The van der Waals surface area contributed by atoms with Gasteiger partial charge in [-0.25, -0.2) is 0 Å². The van der Waals surface area contributed by atoms with Gasteiger partial charge in [0, 0.05) is 27.6 Å². The molecule has 0 unspecified atom stereocenters. The average molecular weight is 294 g/mol. The summed E-state index contributed by atoms with van der Waals surface area (Å²) >= 11 is 7.79. The average Bonchev–Trinajstić information content (AvgIpc) is 2.45. The van der Waals surface area contributed by atoms with Gasteiger partial charge >= 0.3 is 0 Å². The van der Waals surface area contributed by atoms with E-state index in [1.807, 2.05) is 42.7 Å². The monoisotopic (exact) mass is 293 g/mol.